The molecule has 2 aromatic rings. The highest BCUT2D eigenvalue weighted by Gasteiger charge is 2.25. The van der Waals surface area contributed by atoms with Gasteiger partial charge in [-0.15, -0.1) is 11.8 Å². The molecular formula is C19H24N2O2S. The first-order chi connectivity index (χ1) is 11.7. The molecule has 24 heavy (non-hydrogen) atoms. The summed E-state index contributed by atoms with van der Waals surface area (Å²) >= 11 is 1.91. The van der Waals surface area contributed by atoms with E-state index in [0.29, 0.717) is 11.8 Å². The third-order valence-electron chi connectivity index (χ3n) is 4.50. The largest absolute Gasteiger partial charge is 0.459 e. The second-order valence-corrected chi connectivity index (χ2v) is 7.27. The minimum absolute atomic E-state index is 0.00642. The molecule has 1 amide bonds. The maximum atomic E-state index is 12.3. The predicted molar refractivity (Wildman–Crippen MR) is 97.4 cm³/mol. The van der Waals surface area contributed by atoms with Gasteiger partial charge in [-0.3, -0.25) is 9.69 Å². The summed E-state index contributed by atoms with van der Waals surface area (Å²) < 4.78 is 5.21. The fourth-order valence-corrected chi connectivity index (χ4v) is 4.01. The smallest absolute Gasteiger partial charge is 0.289 e. The van der Waals surface area contributed by atoms with Crippen molar-refractivity contribution in [3.05, 3.63) is 54.5 Å². The summed E-state index contributed by atoms with van der Waals surface area (Å²) in [4.78, 5) is 18.0. The summed E-state index contributed by atoms with van der Waals surface area (Å²) in [5, 5.41) is 0. The average Bonchev–Trinajstić information content (AvgIpc) is 3.17. The van der Waals surface area contributed by atoms with Crippen LogP contribution in [0.5, 0.6) is 0 Å². The molecule has 0 bridgehead atoms. The molecule has 1 atom stereocenters. The molecule has 1 aromatic heterocycles. The number of piperazine rings is 1. The lowest BCUT2D eigenvalue weighted by molar-refractivity contribution is 0.0551. The zero-order valence-corrected chi connectivity index (χ0v) is 14.9. The van der Waals surface area contributed by atoms with Crippen LogP contribution >= 0.6 is 11.8 Å². The molecule has 0 aliphatic carbocycles. The van der Waals surface area contributed by atoms with Crippen LogP contribution in [0.1, 0.15) is 23.9 Å². The van der Waals surface area contributed by atoms with Gasteiger partial charge in [-0.1, -0.05) is 18.2 Å². The summed E-state index contributed by atoms with van der Waals surface area (Å²) in [6.45, 7) is 5.70. The number of hydrogen-bond acceptors (Lipinski definition) is 4. The van der Waals surface area contributed by atoms with Crippen molar-refractivity contribution in [1.82, 2.24) is 9.80 Å². The van der Waals surface area contributed by atoms with Crippen LogP contribution in [0.25, 0.3) is 0 Å². The first kappa shape index (κ1) is 17.1. The molecule has 0 saturated carbocycles. The van der Waals surface area contributed by atoms with E-state index >= 15 is 0 Å². The van der Waals surface area contributed by atoms with E-state index in [9.17, 15) is 4.79 Å². The fraction of sp³-hybridized carbons (Fsp3) is 0.421. The Morgan fingerprint density at radius 2 is 1.88 bits per heavy atom. The van der Waals surface area contributed by atoms with Gasteiger partial charge in [0.25, 0.3) is 5.91 Å². The van der Waals surface area contributed by atoms with E-state index < -0.39 is 0 Å². The van der Waals surface area contributed by atoms with Crippen molar-refractivity contribution in [2.45, 2.75) is 24.3 Å². The third kappa shape index (κ3) is 4.42. The molecule has 1 aromatic carbocycles. The summed E-state index contributed by atoms with van der Waals surface area (Å²) in [5.74, 6) is 1.57. The lowest BCUT2D eigenvalue weighted by Crippen LogP contribution is -2.51. The Bertz CT molecular complexity index is 622. The number of amides is 1. The topological polar surface area (TPSA) is 36.7 Å². The number of thioether (sulfide) groups is 1. The lowest BCUT2D eigenvalue weighted by Gasteiger charge is -2.37. The molecule has 1 aliphatic rings. The Labute approximate surface area is 147 Å². The van der Waals surface area contributed by atoms with Crippen LogP contribution in [0.15, 0.2) is 58.0 Å². The van der Waals surface area contributed by atoms with Crippen LogP contribution in [0.2, 0.25) is 0 Å². The van der Waals surface area contributed by atoms with Crippen molar-refractivity contribution < 1.29 is 9.21 Å². The zero-order chi connectivity index (χ0) is 16.8. The zero-order valence-electron chi connectivity index (χ0n) is 14.1. The molecule has 128 valence electrons. The Morgan fingerprint density at radius 1 is 1.12 bits per heavy atom. The number of carbonyl (C=O) groups excluding carboxylic acids is 1. The second-order valence-electron chi connectivity index (χ2n) is 6.10. The van der Waals surface area contributed by atoms with Crippen LogP contribution in [0, 0.1) is 0 Å². The highest BCUT2D eigenvalue weighted by molar-refractivity contribution is 7.99. The van der Waals surface area contributed by atoms with Crippen molar-refractivity contribution in [2.75, 3.05) is 31.9 Å². The minimum Gasteiger partial charge on any atom is -0.459 e. The van der Waals surface area contributed by atoms with Crippen LogP contribution in [-0.4, -0.2) is 53.7 Å². The molecule has 5 heteroatoms. The highest BCUT2D eigenvalue weighted by atomic mass is 32.2. The fourth-order valence-electron chi connectivity index (χ4n) is 2.97. The van der Waals surface area contributed by atoms with E-state index in [1.165, 1.54) is 4.90 Å². The van der Waals surface area contributed by atoms with Gasteiger partial charge in [-0.25, -0.2) is 0 Å². The highest BCUT2D eigenvalue weighted by Crippen LogP contribution is 2.20. The van der Waals surface area contributed by atoms with Crippen molar-refractivity contribution in [3.63, 3.8) is 0 Å². The van der Waals surface area contributed by atoms with Gasteiger partial charge in [0.15, 0.2) is 5.76 Å². The van der Waals surface area contributed by atoms with Gasteiger partial charge in [0.05, 0.1) is 6.26 Å². The number of carbonyl (C=O) groups is 1. The lowest BCUT2D eigenvalue weighted by atomic mass is 10.2. The molecule has 1 fully saturated rings. The van der Waals surface area contributed by atoms with Crippen molar-refractivity contribution in [2.24, 2.45) is 0 Å². The Morgan fingerprint density at radius 3 is 2.54 bits per heavy atom. The van der Waals surface area contributed by atoms with Crippen molar-refractivity contribution >= 4 is 17.7 Å². The molecule has 0 N–H and O–H groups in total. The van der Waals surface area contributed by atoms with Crippen LogP contribution in [0.3, 0.4) is 0 Å². The first-order valence-corrected chi connectivity index (χ1v) is 9.47. The third-order valence-corrected chi connectivity index (χ3v) is 5.55. The molecule has 0 radical (unpaired) electrons. The maximum absolute atomic E-state index is 12.3. The summed E-state index contributed by atoms with van der Waals surface area (Å²) in [6.07, 6.45) is 2.71. The molecule has 0 spiro atoms. The van der Waals surface area contributed by atoms with E-state index in [0.717, 1.165) is 38.4 Å². The first-order valence-electron chi connectivity index (χ1n) is 8.49. The molecule has 1 aliphatic heterocycles. The van der Waals surface area contributed by atoms with Gasteiger partial charge in [0, 0.05) is 37.1 Å². The van der Waals surface area contributed by atoms with Gasteiger partial charge in [-0.05, 0) is 43.4 Å². The molecule has 4 nitrogen and oxygen atoms in total. The summed E-state index contributed by atoms with van der Waals surface area (Å²) in [7, 11) is 0. The van der Waals surface area contributed by atoms with Gasteiger partial charge < -0.3 is 9.32 Å². The van der Waals surface area contributed by atoms with E-state index in [2.05, 4.69) is 42.2 Å². The predicted octanol–water partition coefficient (Wildman–Crippen LogP) is 3.61. The van der Waals surface area contributed by atoms with Gasteiger partial charge >= 0.3 is 0 Å². The number of hydrogen-bond donors (Lipinski definition) is 0. The molecule has 1 saturated heterocycles. The van der Waals surface area contributed by atoms with Crippen molar-refractivity contribution in [1.29, 1.82) is 0 Å². The number of nitrogens with zero attached hydrogens (tertiary/aromatic N) is 2. The number of furan rings is 1. The van der Waals surface area contributed by atoms with Gasteiger partial charge in [-0.2, -0.15) is 0 Å². The molecule has 2 heterocycles. The number of benzene rings is 1. The minimum atomic E-state index is 0.00642. The van der Waals surface area contributed by atoms with E-state index in [1.54, 1.807) is 18.4 Å². The average molecular weight is 344 g/mol. The Hall–Kier alpha value is -1.72. The van der Waals surface area contributed by atoms with Crippen molar-refractivity contribution in [3.8, 4) is 0 Å². The van der Waals surface area contributed by atoms with E-state index in [1.807, 2.05) is 16.7 Å². The van der Waals surface area contributed by atoms with Gasteiger partial charge in [0.2, 0.25) is 0 Å². The quantitative estimate of drug-likeness (QED) is 0.750. The summed E-state index contributed by atoms with van der Waals surface area (Å²) in [5.41, 5.74) is 0. The SMILES string of the molecule is C[C@H](CCSc1ccccc1)N1CCN(C(=O)c2ccco2)CC1. The Balaban J connectivity index is 1.40. The monoisotopic (exact) mass is 344 g/mol. The van der Waals surface area contributed by atoms with Gasteiger partial charge in [0.1, 0.15) is 0 Å². The summed E-state index contributed by atoms with van der Waals surface area (Å²) in [6, 6.07) is 14.6. The molecule has 3 rings (SSSR count). The van der Waals surface area contributed by atoms with E-state index in [-0.39, 0.29) is 5.91 Å². The van der Waals surface area contributed by atoms with Crippen LogP contribution < -0.4 is 0 Å². The second kappa shape index (κ2) is 8.40. The maximum Gasteiger partial charge on any atom is 0.289 e. The molecular weight excluding hydrogens is 320 g/mol. The molecule has 0 unspecified atom stereocenters. The standard InChI is InChI=1S/C19H24N2O2S/c1-16(9-15-24-17-6-3-2-4-7-17)20-10-12-21(13-11-20)19(22)18-8-5-14-23-18/h2-8,14,16H,9-13,15H2,1H3/t16-/m1/s1. The van der Waals surface area contributed by atoms with Crippen LogP contribution in [0.4, 0.5) is 0 Å². The number of rotatable bonds is 6. The van der Waals surface area contributed by atoms with E-state index in [4.69, 9.17) is 4.42 Å². The van der Waals surface area contributed by atoms with Crippen LogP contribution in [-0.2, 0) is 0 Å². The normalized spacial score (nSPS) is 17.0. The Kier molecular flexibility index (Phi) is 5.99.